The molecule has 1 aromatic rings. The van der Waals surface area contributed by atoms with Crippen molar-refractivity contribution in [3.8, 4) is 5.75 Å². The maximum atomic E-state index is 11.7. The van der Waals surface area contributed by atoms with E-state index in [-0.39, 0.29) is 12.4 Å². The Kier molecular flexibility index (Phi) is 8.98. The molecule has 0 saturated heterocycles. The molecule has 0 fully saturated rings. The van der Waals surface area contributed by atoms with Crippen molar-refractivity contribution in [3.05, 3.63) is 28.8 Å². The van der Waals surface area contributed by atoms with Crippen molar-refractivity contribution in [3.63, 3.8) is 0 Å². The number of ether oxygens (including phenoxy) is 2. The number of halogens is 1. The molecule has 1 atom stereocenters. The van der Waals surface area contributed by atoms with Gasteiger partial charge in [0.1, 0.15) is 5.75 Å². The summed E-state index contributed by atoms with van der Waals surface area (Å²) in [6, 6.07) is 5.44. The molecular formula is C18H27ClO3. The molecule has 1 aromatic carbocycles. The molecule has 0 radical (unpaired) electrons. The van der Waals surface area contributed by atoms with E-state index in [4.69, 9.17) is 21.1 Å². The number of hydrogen-bond donors (Lipinski definition) is 0. The number of hydrogen-bond acceptors (Lipinski definition) is 3. The van der Waals surface area contributed by atoms with Gasteiger partial charge in [-0.25, -0.2) is 0 Å². The van der Waals surface area contributed by atoms with Crippen molar-refractivity contribution in [1.82, 2.24) is 0 Å². The van der Waals surface area contributed by atoms with Crippen LogP contribution >= 0.6 is 11.6 Å². The third-order valence-electron chi connectivity index (χ3n) is 3.72. The molecule has 0 aliphatic rings. The molecule has 3 nitrogen and oxygen atoms in total. The number of aryl methyl sites for hydroxylation is 1. The first-order valence-electron chi connectivity index (χ1n) is 8.11. The third kappa shape index (κ3) is 7.17. The fraction of sp³-hybridized carbons (Fsp3) is 0.611. The van der Waals surface area contributed by atoms with E-state index in [1.54, 1.807) is 6.07 Å². The van der Waals surface area contributed by atoms with Crippen LogP contribution in [0, 0.1) is 12.8 Å². The summed E-state index contributed by atoms with van der Waals surface area (Å²) in [6.07, 6.45) is 4.81. The highest BCUT2D eigenvalue weighted by Gasteiger charge is 2.10. The smallest absolute Gasteiger partial charge is 0.309 e. The summed E-state index contributed by atoms with van der Waals surface area (Å²) in [4.78, 5) is 11.7. The van der Waals surface area contributed by atoms with E-state index in [0.29, 0.717) is 24.2 Å². The molecule has 22 heavy (non-hydrogen) atoms. The van der Waals surface area contributed by atoms with Gasteiger partial charge in [-0.1, -0.05) is 44.7 Å². The SMILES string of the molecule is CCCCC(CC)COC(=O)CCOc1ccc(Cl)cc1C. The van der Waals surface area contributed by atoms with E-state index < -0.39 is 0 Å². The maximum Gasteiger partial charge on any atom is 0.309 e. The predicted octanol–water partition coefficient (Wildman–Crippen LogP) is 5.18. The Morgan fingerprint density at radius 2 is 2.09 bits per heavy atom. The normalized spacial score (nSPS) is 12.0. The van der Waals surface area contributed by atoms with E-state index in [1.807, 2.05) is 19.1 Å². The topological polar surface area (TPSA) is 35.5 Å². The van der Waals surface area contributed by atoms with Crippen LogP contribution in [0.15, 0.2) is 18.2 Å². The lowest BCUT2D eigenvalue weighted by Crippen LogP contribution is -2.16. The van der Waals surface area contributed by atoms with Gasteiger partial charge in [0.25, 0.3) is 0 Å². The van der Waals surface area contributed by atoms with Gasteiger partial charge in [-0.3, -0.25) is 4.79 Å². The minimum Gasteiger partial charge on any atom is -0.493 e. The van der Waals surface area contributed by atoms with Crippen LogP contribution in [0.5, 0.6) is 5.75 Å². The molecule has 0 saturated carbocycles. The van der Waals surface area contributed by atoms with Gasteiger partial charge in [0.15, 0.2) is 0 Å². The third-order valence-corrected chi connectivity index (χ3v) is 3.96. The van der Waals surface area contributed by atoms with Gasteiger partial charge in [-0.05, 0) is 43.0 Å². The van der Waals surface area contributed by atoms with Crippen LogP contribution in [0.1, 0.15) is 51.5 Å². The average molecular weight is 327 g/mol. The van der Waals surface area contributed by atoms with Crippen LogP contribution in [0.4, 0.5) is 0 Å². The second-order valence-corrected chi connectivity index (χ2v) is 6.04. The number of carbonyl (C=O) groups is 1. The summed E-state index contributed by atoms with van der Waals surface area (Å²) in [5, 5.41) is 0.682. The van der Waals surface area contributed by atoms with Gasteiger partial charge in [0, 0.05) is 5.02 Å². The number of benzene rings is 1. The second-order valence-electron chi connectivity index (χ2n) is 5.61. The van der Waals surface area contributed by atoms with Crippen molar-refractivity contribution < 1.29 is 14.3 Å². The Hall–Kier alpha value is -1.22. The standard InChI is InChI=1S/C18H27ClO3/c1-4-6-7-15(5-2)13-22-18(20)10-11-21-17-9-8-16(19)12-14(17)3/h8-9,12,15H,4-7,10-11,13H2,1-3H3. The Morgan fingerprint density at radius 1 is 1.32 bits per heavy atom. The van der Waals surface area contributed by atoms with Gasteiger partial charge >= 0.3 is 5.97 Å². The van der Waals surface area contributed by atoms with Gasteiger partial charge in [-0.15, -0.1) is 0 Å². The van der Waals surface area contributed by atoms with E-state index in [0.717, 1.165) is 24.2 Å². The van der Waals surface area contributed by atoms with E-state index in [2.05, 4.69) is 13.8 Å². The fourth-order valence-electron chi connectivity index (χ4n) is 2.20. The number of esters is 1. The molecule has 1 unspecified atom stereocenters. The van der Waals surface area contributed by atoms with Gasteiger partial charge in [0.2, 0.25) is 0 Å². The lowest BCUT2D eigenvalue weighted by Gasteiger charge is -2.15. The summed E-state index contributed by atoms with van der Waals surface area (Å²) in [6.45, 7) is 7.09. The Balaban J connectivity index is 2.25. The number of carbonyl (C=O) groups excluding carboxylic acids is 1. The first-order chi connectivity index (χ1) is 10.6. The van der Waals surface area contributed by atoms with Crippen LogP contribution in [0.25, 0.3) is 0 Å². The average Bonchev–Trinajstić information content (AvgIpc) is 2.49. The zero-order chi connectivity index (χ0) is 16.4. The molecule has 124 valence electrons. The first kappa shape index (κ1) is 18.8. The van der Waals surface area contributed by atoms with Crippen LogP contribution in [-0.4, -0.2) is 19.2 Å². The fourth-order valence-corrected chi connectivity index (χ4v) is 2.43. The van der Waals surface area contributed by atoms with Gasteiger partial charge in [-0.2, -0.15) is 0 Å². The minimum absolute atomic E-state index is 0.193. The highest BCUT2D eigenvalue weighted by molar-refractivity contribution is 6.30. The van der Waals surface area contributed by atoms with E-state index >= 15 is 0 Å². The van der Waals surface area contributed by atoms with Crippen LogP contribution < -0.4 is 4.74 Å². The van der Waals surface area contributed by atoms with Crippen LogP contribution in [0.3, 0.4) is 0 Å². The highest BCUT2D eigenvalue weighted by atomic mass is 35.5. The molecule has 0 aliphatic carbocycles. The summed E-state index contributed by atoms with van der Waals surface area (Å²) in [5.74, 6) is 1.04. The Labute approximate surface area is 139 Å². The van der Waals surface area contributed by atoms with Crippen molar-refractivity contribution in [1.29, 1.82) is 0 Å². The maximum absolute atomic E-state index is 11.7. The molecule has 0 N–H and O–H groups in total. The number of unbranched alkanes of at least 4 members (excludes halogenated alkanes) is 1. The van der Waals surface area contributed by atoms with E-state index in [9.17, 15) is 4.79 Å². The highest BCUT2D eigenvalue weighted by Crippen LogP contribution is 2.21. The molecule has 1 rings (SSSR count). The zero-order valence-corrected chi connectivity index (χ0v) is 14.6. The summed E-state index contributed by atoms with van der Waals surface area (Å²) in [5.41, 5.74) is 0.964. The lowest BCUT2D eigenvalue weighted by atomic mass is 10.0. The molecule has 0 bridgehead atoms. The summed E-state index contributed by atoms with van der Waals surface area (Å²) < 4.78 is 10.9. The molecule has 4 heteroatoms. The summed E-state index contributed by atoms with van der Waals surface area (Å²) >= 11 is 5.89. The van der Waals surface area contributed by atoms with Gasteiger partial charge in [0.05, 0.1) is 19.6 Å². The Bertz CT molecular complexity index is 460. The predicted molar refractivity (Wildman–Crippen MR) is 90.6 cm³/mol. The second kappa shape index (κ2) is 10.5. The summed E-state index contributed by atoms with van der Waals surface area (Å²) in [7, 11) is 0. The minimum atomic E-state index is -0.193. The largest absolute Gasteiger partial charge is 0.493 e. The van der Waals surface area contributed by atoms with Gasteiger partial charge < -0.3 is 9.47 Å². The van der Waals surface area contributed by atoms with Crippen molar-refractivity contribution >= 4 is 17.6 Å². The monoisotopic (exact) mass is 326 g/mol. The molecule has 0 aliphatic heterocycles. The molecule has 0 aromatic heterocycles. The van der Waals surface area contributed by atoms with Crippen molar-refractivity contribution in [2.45, 2.75) is 52.9 Å². The van der Waals surface area contributed by atoms with Crippen LogP contribution in [0.2, 0.25) is 5.02 Å². The van der Waals surface area contributed by atoms with Crippen LogP contribution in [-0.2, 0) is 9.53 Å². The van der Waals surface area contributed by atoms with E-state index in [1.165, 1.54) is 12.8 Å². The molecular weight excluding hydrogens is 300 g/mol. The quantitative estimate of drug-likeness (QED) is 0.556. The molecule has 0 amide bonds. The number of rotatable bonds is 10. The molecule has 0 heterocycles. The van der Waals surface area contributed by atoms with Crippen molar-refractivity contribution in [2.24, 2.45) is 5.92 Å². The molecule has 0 spiro atoms. The zero-order valence-electron chi connectivity index (χ0n) is 13.9. The van der Waals surface area contributed by atoms with Crippen molar-refractivity contribution in [2.75, 3.05) is 13.2 Å². The first-order valence-corrected chi connectivity index (χ1v) is 8.49. The Morgan fingerprint density at radius 3 is 2.73 bits per heavy atom. The lowest BCUT2D eigenvalue weighted by molar-refractivity contribution is -0.145.